The Kier molecular flexibility index (Phi) is 7.24. The van der Waals surface area contributed by atoms with Gasteiger partial charge in [0.1, 0.15) is 18.0 Å². The van der Waals surface area contributed by atoms with Crippen LogP contribution in [0.5, 0.6) is 0 Å². The fourth-order valence-corrected chi connectivity index (χ4v) is 15.5. The molecule has 1 saturated heterocycles. The molecule has 0 aromatic carbocycles. The van der Waals surface area contributed by atoms with Gasteiger partial charge in [0.05, 0.1) is 24.0 Å². The number of esters is 2. The van der Waals surface area contributed by atoms with Gasteiger partial charge in [-0.3, -0.25) is 9.59 Å². The van der Waals surface area contributed by atoms with E-state index in [1.807, 2.05) is 0 Å². The van der Waals surface area contributed by atoms with Crippen LogP contribution in [0.15, 0.2) is 0 Å². The highest BCUT2D eigenvalue weighted by atomic mass is 19.3. The van der Waals surface area contributed by atoms with E-state index >= 15 is 0 Å². The van der Waals surface area contributed by atoms with Gasteiger partial charge in [0, 0.05) is 30.6 Å². The van der Waals surface area contributed by atoms with Crippen molar-refractivity contribution in [2.75, 3.05) is 19.8 Å². The predicted octanol–water partition coefficient (Wildman–Crippen LogP) is 7.82. The molecule has 7 nitrogen and oxygen atoms in total. The molecule has 12 aliphatic carbocycles. The molecule has 2 unspecified atom stereocenters. The van der Waals surface area contributed by atoms with Crippen molar-refractivity contribution < 1.29 is 42.1 Å². The van der Waals surface area contributed by atoms with Crippen LogP contribution in [0.25, 0.3) is 0 Å². The smallest absolute Gasteiger partial charge is 0.377 e. The number of ketones is 1. The van der Waals surface area contributed by atoms with E-state index in [1.54, 1.807) is 0 Å². The monoisotopic (exact) mass is 698 g/mol. The third-order valence-corrected chi connectivity index (χ3v) is 16.6. The van der Waals surface area contributed by atoms with Crippen LogP contribution in [0, 0.1) is 69.5 Å². The second kappa shape index (κ2) is 11.0. The van der Waals surface area contributed by atoms with E-state index < -0.39 is 28.7 Å². The van der Waals surface area contributed by atoms with Crippen molar-refractivity contribution in [3.8, 4) is 0 Å². The van der Waals surface area contributed by atoms with Gasteiger partial charge in [-0.05, 0) is 157 Å². The van der Waals surface area contributed by atoms with E-state index in [2.05, 4.69) is 0 Å². The number of carbonyl (C=O) groups is 3. The second-order valence-corrected chi connectivity index (χ2v) is 20.5. The maximum absolute atomic E-state index is 14.3. The Morgan fingerprint density at radius 2 is 1.12 bits per heavy atom. The summed E-state index contributed by atoms with van der Waals surface area (Å²) in [6, 6.07) is 0. The Labute approximate surface area is 295 Å². The fraction of sp³-hybridized carbons (Fsp3) is 0.927. The van der Waals surface area contributed by atoms with Gasteiger partial charge >= 0.3 is 17.9 Å². The molecule has 276 valence electrons. The minimum atomic E-state index is -3.53. The lowest BCUT2D eigenvalue weighted by molar-refractivity contribution is -0.395. The lowest BCUT2D eigenvalue weighted by Gasteiger charge is -2.65. The quantitative estimate of drug-likeness (QED) is 0.227. The van der Waals surface area contributed by atoms with Gasteiger partial charge in [-0.1, -0.05) is 0 Å². The third kappa shape index (κ3) is 5.14. The largest absolute Gasteiger partial charge is 0.464 e. The van der Waals surface area contributed by atoms with Crippen LogP contribution in [0.1, 0.15) is 129 Å². The number of carbonyl (C=O) groups excluding carboxylic acids is 3. The first-order valence-corrected chi connectivity index (χ1v) is 20.4. The van der Waals surface area contributed by atoms with Crippen molar-refractivity contribution >= 4 is 17.7 Å². The van der Waals surface area contributed by atoms with E-state index in [-0.39, 0.29) is 41.2 Å². The first-order valence-electron chi connectivity index (χ1n) is 20.4. The van der Waals surface area contributed by atoms with Crippen LogP contribution in [-0.4, -0.2) is 54.9 Å². The molecule has 13 aliphatic rings. The minimum absolute atomic E-state index is 0.0465. The van der Waals surface area contributed by atoms with Gasteiger partial charge in [0.2, 0.25) is 0 Å². The van der Waals surface area contributed by atoms with Gasteiger partial charge in [-0.25, -0.2) is 4.79 Å². The lowest BCUT2D eigenvalue weighted by atomic mass is 9.48. The Balaban J connectivity index is 0.868. The number of rotatable bonds is 9. The van der Waals surface area contributed by atoms with Crippen LogP contribution in [-0.2, 0) is 33.3 Å². The zero-order valence-corrected chi connectivity index (χ0v) is 29.9. The SMILES string of the molecule is CC(F)(F)C(=O)OC12CC3CC(C1)C1(OCC(CCC(=O)C45CC6CC(CC(C6)C4)C5)(COC(=O)C45CC6CC(CC(C6)C4)C5)CO1)C(C3)C2. The molecule has 0 aromatic rings. The number of halogens is 2. The van der Waals surface area contributed by atoms with Gasteiger partial charge in [-0.2, -0.15) is 8.78 Å². The molecule has 0 amide bonds. The molecule has 9 heteroatoms. The highest BCUT2D eigenvalue weighted by molar-refractivity contribution is 5.85. The number of ether oxygens (including phenoxy) is 4. The summed E-state index contributed by atoms with van der Waals surface area (Å²) in [5, 5.41) is 0. The molecule has 0 N–H and O–H groups in total. The standard InChI is InChI=1S/C41H56F2O7/c1-36(42,43)34(45)50-40-18-30-10-31(19-40)41(32(11-30)20-40)48-22-37(23-49-41,3-2-33(44)38-12-24-4-25(13-38)6-26(5-24)14-38)21-47-35(46)39-15-27-7-28(16-39)9-29(8-27)17-39/h24-32H,2-23H2,1H3. The van der Waals surface area contributed by atoms with Crippen molar-refractivity contribution in [1.29, 1.82) is 0 Å². The van der Waals surface area contributed by atoms with Gasteiger partial charge in [0.15, 0.2) is 5.79 Å². The normalized spacial score (nSPS) is 52.1. The van der Waals surface area contributed by atoms with E-state index in [0.717, 1.165) is 51.4 Å². The van der Waals surface area contributed by atoms with Crippen LogP contribution < -0.4 is 0 Å². The highest BCUT2D eigenvalue weighted by Crippen LogP contribution is 2.65. The Hall–Kier alpha value is -1.61. The maximum atomic E-state index is 14.3. The number of alkyl halides is 2. The molecule has 13 rings (SSSR count). The summed E-state index contributed by atoms with van der Waals surface area (Å²) >= 11 is 0. The molecule has 12 bridgehead atoms. The van der Waals surface area contributed by atoms with E-state index in [0.29, 0.717) is 93.5 Å². The summed E-state index contributed by atoms with van der Waals surface area (Å²) in [5.74, 6) is -1.29. The van der Waals surface area contributed by atoms with Crippen molar-refractivity contribution in [2.24, 2.45) is 69.5 Å². The Morgan fingerprint density at radius 3 is 1.60 bits per heavy atom. The zero-order valence-electron chi connectivity index (χ0n) is 29.9. The summed E-state index contributed by atoms with van der Waals surface area (Å²) in [5.41, 5.74) is -2.04. The molecule has 50 heavy (non-hydrogen) atoms. The second-order valence-electron chi connectivity index (χ2n) is 20.5. The molecule has 2 atom stereocenters. The number of hydrogen-bond donors (Lipinski definition) is 0. The summed E-state index contributed by atoms with van der Waals surface area (Å²) in [6.07, 6.45) is 17.9. The maximum Gasteiger partial charge on any atom is 0.377 e. The Morgan fingerprint density at radius 1 is 0.660 bits per heavy atom. The van der Waals surface area contributed by atoms with Crippen LogP contribution in [0.4, 0.5) is 8.78 Å². The van der Waals surface area contributed by atoms with Gasteiger partial charge < -0.3 is 18.9 Å². The third-order valence-electron chi connectivity index (χ3n) is 16.6. The molecule has 0 aromatic heterocycles. The lowest BCUT2D eigenvalue weighted by Crippen LogP contribution is -2.69. The first-order chi connectivity index (χ1) is 23.8. The van der Waals surface area contributed by atoms with Gasteiger partial charge in [-0.15, -0.1) is 0 Å². The zero-order chi connectivity index (χ0) is 34.3. The fourth-order valence-electron chi connectivity index (χ4n) is 15.5. The molecule has 1 heterocycles. The van der Waals surface area contributed by atoms with Crippen molar-refractivity contribution in [3.63, 3.8) is 0 Å². The topological polar surface area (TPSA) is 88.1 Å². The molecule has 13 fully saturated rings. The highest BCUT2D eigenvalue weighted by Gasteiger charge is 2.68. The molecule has 12 saturated carbocycles. The molecular formula is C41H56F2O7. The Bertz CT molecular complexity index is 1290. The van der Waals surface area contributed by atoms with E-state index in [4.69, 9.17) is 18.9 Å². The summed E-state index contributed by atoms with van der Waals surface area (Å²) in [7, 11) is 0. The number of Topliss-reactive ketones (excluding diaryl/α,β-unsaturated/α-hetero) is 1. The van der Waals surface area contributed by atoms with Crippen LogP contribution in [0.3, 0.4) is 0 Å². The average Bonchev–Trinajstić information content (AvgIpc) is 3.04. The van der Waals surface area contributed by atoms with Crippen molar-refractivity contribution in [1.82, 2.24) is 0 Å². The molecular weight excluding hydrogens is 642 g/mol. The molecule has 0 radical (unpaired) electrons. The average molecular weight is 699 g/mol. The summed E-state index contributed by atoms with van der Waals surface area (Å²) in [6.45, 7) is 1.48. The number of hydrogen-bond acceptors (Lipinski definition) is 7. The summed E-state index contributed by atoms with van der Waals surface area (Å²) in [4.78, 5) is 40.7. The summed E-state index contributed by atoms with van der Waals surface area (Å²) < 4.78 is 53.7. The predicted molar refractivity (Wildman–Crippen MR) is 176 cm³/mol. The van der Waals surface area contributed by atoms with Crippen LogP contribution >= 0.6 is 0 Å². The van der Waals surface area contributed by atoms with Crippen molar-refractivity contribution in [3.05, 3.63) is 0 Å². The minimum Gasteiger partial charge on any atom is -0.464 e. The van der Waals surface area contributed by atoms with E-state index in [1.165, 1.54) is 38.5 Å². The van der Waals surface area contributed by atoms with Crippen molar-refractivity contribution in [2.45, 2.75) is 146 Å². The van der Waals surface area contributed by atoms with Gasteiger partial charge in [0.25, 0.3) is 0 Å². The van der Waals surface area contributed by atoms with Crippen LogP contribution in [0.2, 0.25) is 0 Å². The van der Waals surface area contributed by atoms with E-state index in [9.17, 15) is 23.2 Å². The molecule has 1 aliphatic heterocycles. The first kappa shape index (κ1) is 33.0. The molecule has 1 spiro atoms.